The minimum absolute atomic E-state index is 0.0402. The molecular weight excluding hydrogens is 368 g/mol. The molecule has 2 bridgehead atoms. The number of hydrogen-bond acceptors (Lipinski definition) is 5. The summed E-state index contributed by atoms with van der Waals surface area (Å²) in [5.41, 5.74) is 2.09. The second-order valence-electron chi connectivity index (χ2n) is 8.48. The van der Waals surface area contributed by atoms with Crippen molar-refractivity contribution in [2.75, 3.05) is 18.7 Å². The molecule has 0 saturated carbocycles. The number of carbonyl (C=O) groups excluding carboxylic acids is 1. The highest BCUT2D eigenvalue weighted by molar-refractivity contribution is 5.92. The summed E-state index contributed by atoms with van der Waals surface area (Å²) >= 11 is 0. The molecule has 0 aromatic heterocycles. The zero-order valence-corrected chi connectivity index (χ0v) is 16.6. The molecule has 2 unspecified atom stereocenters. The molecule has 29 heavy (non-hydrogen) atoms. The Balaban J connectivity index is 1.25. The zero-order valence-electron chi connectivity index (χ0n) is 16.6. The molecule has 1 amide bonds. The number of carbonyl (C=O) groups is 1. The van der Waals surface area contributed by atoms with Crippen LogP contribution in [0.25, 0.3) is 0 Å². The molecule has 0 aliphatic carbocycles. The van der Waals surface area contributed by atoms with Crippen LogP contribution in [0, 0.1) is 6.92 Å². The van der Waals surface area contributed by atoms with Crippen LogP contribution >= 0.6 is 0 Å². The van der Waals surface area contributed by atoms with Crippen molar-refractivity contribution in [3.8, 4) is 11.5 Å². The molecular formula is C23H26N2O4. The van der Waals surface area contributed by atoms with E-state index in [1.165, 1.54) is 5.56 Å². The van der Waals surface area contributed by atoms with E-state index in [2.05, 4.69) is 29.3 Å². The highest BCUT2D eigenvalue weighted by Crippen LogP contribution is 2.45. The van der Waals surface area contributed by atoms with Gasteiger partial charge >= 0.3 is 0 Å². The number of piperidine rings is 1. The van der Waals surface area contributed by atoms with Gasteiger partial charge in [-0.2, -0.15) is 0 Å². The van der Waals surface area contributed by atoms with Crippen LogP contribution in [0.5, 0.6) is 11.5 Å². The molecule has 3 aliphatic rings. The third kappa shape index (κ3) is 3.47. The maximum atomic E-state index is 12.7. The minimum atomic E-state index is -0.802. The van der Waals surface area contributed by atoms with Crippen molar-refractivity contribution >= 4 is 11.6 Å². The van der Waals surface area contributed by atoms with E-state index in [4.69, 9.17) is 9.47 Å². The van der Waals surface area contributed by atoms with Crippen LogP contribution in [-0.2, 0) is 10.4 Å². The molecule has 2 saturated heterocycles. The summed E-state index contributed by atoms with van der Waals surface area (Å²) in [7, 11) is 0. The van der Waals surface area contributed by atoms with E-state index in [1.54, 1.807) is 6.07 Å². The molecule has 2 aromatic carbocycles. The smallest absolute Gasteiger partial charge is 0.238 e. The van der Waals surface area contributed by atoms with Gasteiger partial charge in [-0.05, 0) is 50.3 Å². The van der Waals surface area contributed by atoms with Gasteiger partial charge in [-0.3, -0.25) is 9.69 Å². The van der Waals surface area contributed by atoms with Crippen molar-refractivity contribution in [3.05, 3.63) is 53.6 Å². The number of anilines is 1. The van der Waals surface area contributed by atoms with Crippen LogP contribution in [0.15, 0.2) is 42.5 Å². The van der Waals surface area contributed by atoms with E-state index in [0.717, 1.165) is 18.4 Å². The predicted molar refractivity (Wildman–Crippen MR) is 109 cm³/mol. The standard InChI is InChI=1S/C23H26N2O4/c1-15-2-4-16(5-3-15)23(27)11-18-7-8-19(12-23)25(18)13-22(26)24-17-6-9-20-21(10-17)29-14-28-20/h2-6,9-10,18-19,27H,7-8,11-14H2,1H3,(H,24,26). The fraction of sp³-hybridized carbons (Fsp3) is 0.435. The highest BCUT2D eigenvalue weighted by atomic mass is 16.7. The fourth-order valence-corrected chi connectivity index (χ4v) is 5.01. The summed E-state index contributed by atoms with van der Waals surface area (Å²) in [4.78, 5) is 15.0. The third-order valence-electron chi connectivity index (χ3n) is 6.49. The number of aryl methyl sites for hydroxylation is 1. The number of ether oxygens (including phenoxy) is 2. The molecule has 5 rings (SSSR count). The summed E-state index contributed by atoms with van der Waals surface area (Å²) in [5, 5.41) is 14.3. The van der Waals surface area contributed by atoms with E-state index in [0.29, 0.717) is 36.6 Å². The Hall–Kier alpha value is -2.57. The number of aliphatic hydroxyl groups is 1. The minimum Gasteiger partial charge on any atom is -0.454 e. The molecule has 2 aromatic rings. The van der Waals surface area contributed by atoms with E-state index in [1.807, 2.05) is 24.3 Å². The Bertz CT molecular complexity index is 913. The number of amides is 1. The van der Waals surface area contributed by atoms with Crippen LogP contribution < -0.4 is 14.8 Å². The van der Waals surface area contributed by atoms with Gasteiger partial charge in [-0.25, -0.2) is 0 Å². The van der Waals surface area contributed by atoms with Crippen molar-refractivity contribution in [2.45, 2.75) is 50.3 Å². The normalized spacial score (nSPS) is 27.8. The lowest BCUT2D eigenvalue weighted by Crippen LogP contribution is -2.51. The third-order valence-corrected chi connectivity index (χ3v) is 6.49. The summed E-state index contributed by atoms with van der Waals surface area (Å²) in [6, 6.07) is 14.1. The quantitative estimate of drug-likeness (QED) is 0.834. The van der Waals surface area contributed by atoms with E-state index in [-0.39, 0.29) is 24.8 Å². The first-order chi connectivity index (χ1) is 14.0. The van der Waals surface area contributed by atoms with E-state index < -0.39 is 5.60 Å². The summed E-state index contributed by atoms with van der Waals surface area (Å²) < 4.78 is 10.7. The molecule has 3 heterocycles. The lowest BCUT2D eigenvalue weighted by Gasteiger charge is -2.43. The average molecular weight is 394 g/mol. The first kappa shape index (κ1) is 18.5. The van der Waals surface area contributed by atoms with E-state index >= 15 is 0 Å². The number of rotatable bonds is 4. The van der Waals surface area contributed by atoms with Gasteiger partial charge in [0, 0.05) is 23.8 Å². The molecule has 152 valence electrons. The Morgan fingerprint density at radius 1 is 1.10 bits per heavy atom. The van der Waals surface area contributed by atoms with Crippen molar-refractivity contribution in [1.29, 1.82) is 0 Å². The maximum absolute atomic E-state index is 12.7. The maximum Gasteiger partial charge on any atom is 0.238 e. The number of benzene rings is 2. The van der Waals surface area contributed by atoms with E-state index in [9.17, 15) is 9.90 Å². The SMILES string of the molecule is Cc1ccc(C2(O)CC3CCC(C2)N3CC(=O)Nc2ccc3c(c2)OCO3)cc1. The molecule has 6 nitrogen and oxygen atoms in total. The molecule has 0 spiro atoms. The molecule has 2 atom stereocenters. The number of fused-ring (bicyclic) bond motifs is 3. The van der Waals surface area contributed by atoms with Crippen molar-refractivity contribution in [1.82, 2.24) is 4.90 Å². The van der Waals surface area contributed by atoms with Gasteiger partial charge in [0.1, 0.15) is 0 Å². The second-order valence-corrected chi connectivity index (χ2v) is 8.48. The van der Waals surface area contributed by atoms with Gasteiger partial charge in [0.25, 0.3) is 0 Å². The van der Waals surface area contributed by atoms with Gasteiger partial charge in [-0.15, -0.1) is 0 Å². The summed E-state index contributed by atoms with van der Waals surface area (Å²) in [5.74, 6) is 1.32. The number of nitrogens with zero attached hydrogens (tertiary/aromatic N) is 1. The number of nitrogens with one attached hydrogen (secondary N) is 1. The lowest BCUT2D eigenvalue weighted by molar-refractivity contribution is -0.121. The van der Waals surface area contributed by atoms with Crippen molar-refractivity contribution < 1.29 is 19.4 Å². The summed E-state index contributed by atoms with van der Waals surface area (Å²) in [6.45, 7) is 2.61. The van der Waals surface area contributed by atoms with Crippen molar-refractivity contribution in [2.24, 2.45) is 0 Å². The van der Waals surface area contributed by atoms with Gasteiger partial charge in [0.15, 0.2) is 11.5 Å². The van der Waals surface area contributed by atoms with Crippen LogP contribution in [-0.4, -0.2) is 41.3 Å². The first-order valence-corrected chi connectivity index (χ1v) is 10.2. The van der Waals surface area contributed by atoms with Crippen molar-refractivity contribution in [3.63, 3.8) is 0 Å². The Kier molecular flexibility index (Phi) is 4.48. The van der Waals surface area contributed by atoms with Gasteiger partial charge in [-0.1, -0.05) is 29.8 Å². The Morgan fingerprint density at radius 3 is 2.52 bits per heavy atom. The topological polar surface area (TPSA) is 71.0 Å². The van der Waals surface area contributed by atoms with Gasteiger partial charge in [0.2, 0.25) is 12.7 Å². The monoisotopic (exact) mass is 394 g/mol. The molecule has 2 N–H and O–H groups in total. The first-order valence-electron chi connectivity index (χ1n) is 10.2. The predicted octanol–water partition coefficient (Wildman–Crippen LogP) is 3.18. The fourth-order valence-electron chi connectivity index (χ4n) is 5.01. The lowest BCUT2D eigenvalue weighted by atomic mass is 9.80. The average Bonchev–Trinajstić information content (AvgIpc) is 3.25. The largest absolute Gasteiger partial charge is 0.454 e. The summed E-state index contributed by atoms with van der Waals surface area (Å²) in [6.07, 6.45) is 3.39. The Morgan fingerprint density at radius 2 is 1.79 bits per heavy atom. The zero-order chi connectivity index (χ0) is 20.0. The number of hydrogen-bond donors (Lipinski definition) is 2. The second kappa shape index (κ2) is 7.04. The van der Waals surface area contributed by atoms with Crippen LogP contribution in [0.3, 0.4) is 0 Å². The van der Waals surface area contributed by atoms with Crippen LogP contribution in [0.1, 0.15) is 36.8 Å². The molecule has 3 aliphatic heterocycles. The molecule has 0 radical (unpaired) electrons. The highest BCUT2D eigenvalue weighted by Gasteiger charge is 2.48. The van der Waals surface area contributed by atoms with Crippen LogP contribution in [0.4, 0.5) is 5.69 Å². The van der Waals surface area contributed by atoms with Crippen LogP contribution in [0.2, 0.25) is 0 Å². The Labute approximate surface area is 170 Å². The van der Waals surface area contributed by atoms with Gasteiger partial charge < -0.3 is 19.9 Å². The molecule has 2 fully saturated rings. The van der Waals surface area contributed by atoms with Gasteiger partial charge in [0.05, 0.1) is 12.1 Å². The molecule has 6 heteroatoms.